The number of esters is 1. The molecule has 1 atom stereocenters. The van der Waals surface area contributed by atoms with Crippen LogP contribution < -0.4 is 5.32 Å². The van der Waals surface area contributed by atoms with E-state index in [1.165, 1.54) is 12.7 Å². The van der Waals surface area contributed by atoms with Crippen molar-refractivity contribution in [1.82, 2.24) is 10.3 Å². The zero-order valence-electron chi connectivity index (χ0n) is 11.3. The van der Waals surface area contributed by atoms with E-state index in [1.54, 1.807) is 11.8 Å². The van der Waals surface area contributed by atoms with E-state index in [0.717, 1.165) is 17.3 Å². The van der Waals surface area contributed by atoms with Crippen molar-refractivity contribution in [3.63, 3.8) is 0 Å². The summed E-state index contributed by atoms with van der Waals surface area (Å²) in [6.45, 7) is 6.72. The van der Waals surface area contributed by atoms with Crippen molar-refractivity contribution in [3.8, 4) is 0 Å². The SMILES string of the molecule is CCNC(CSc1cc(C)cc(C)n1)C(=O)OC. The van der Waals surface area contributed by atoms with E-state index in [4.69, 9.17) is 4.74 Å². The lowest BCUT2D eigenvalue weighted by Gasteiger charge is -2.14. The van der Waals surface area contributed by atoms with Gasteiger partial charge in [-0.3, -0.25) is 4.79 Å². The van der Waals surface area contributed by atoms with Crippen LogP contribution in [0.15, 0.2) is 17.2 Å². The topological polar surface area (TPSA) is 51.2 Å². The van der Waals surface area contributed by atoms with E-state index in [9.17, 15) is 4.79 Å². The molecule has 100 valence electrons. The van der Waals surface area contributed by atoms with Gasteiger partial charge in [0.1, 0.15) is 6.04 Å². The second-order valence-electron chi connectivity index (χ2n) is 4.07. The normalized spacial score (nSPS) is 12.2. The molecule has 0 radical (unpaired) electrons. The molecule has 1 heterocycles. The quantitative estimate of drug-likeness (QED) is 0.631. The summed E-state index contributed by atoms with van der Waals surface area (Å²) in [6.07, 6.45) is 0. The van der Waals surface area contributed by atoms with Gasteiger partial charge in [0.25, 0.3) is 0 Å². The Labute approximate surface area is 113 Å². The number of carbonyl (C=O) groups is 1. The standard InChI is InChI=1S/C13H20N2O2S/c1-5-14-11(13(16)17-4)8-18-12-7-9(2)6-10(3)15-12/h6-7,11,14H,5,8H2,1-4H3. The second-order valence-corrected chi connectivity index (χ2v) is 5.11. The van der Waals surface area contributed by atoms with Crippen LogP contribution in [-0.4, -0.2) is 36.4 Å². The summed E-state index contributed by atoms with van der Waals surface area (Å²) in [6, 6.07) is 3.78. The smallest absolute Gasteiger partial charge is 0.323 e. The Kier molecular flexibility index (Phi) is 6.15. The average Bonchev–Trinajstić information content (AvgIpc) is 2.32. The van der Waals surface area contributed by atoms with Crippen LogP contribution in [0.25, 0.3) is 0 Å². The first-order valence-electron chi connectivity index (χ1n) is 5.96. The van der Waals surface area contributed by atoms with Crippen molar-refractivity contribution in [2.45, 2.75) is 31.8 Å². The van der Waals surface area contributed by atoms with Gasteiger partial charge in [-0.05, 0) is 38.1 Å². The summed E-state index contributed by atoms with van der Waals surface area (Å²) in [5.41, 5.74) is 2.18. The first-order chi connectivity index (χ1) is 8.56. The summed E-state index contributed by atoms with van der Waals surface area (Å²) < 4.78 is 4.77. The number of ether oxygens (including phenoxy) is 1. The second kappa shape index (κ2) is 7.38. The molecule has 1 aromatic heterocycles. The lowest BCUT2D eigenvalue weighted by Crippen LogP contribution is -2.39. The number of carbonyl (C=O) groups excluding carboxylic acids is 1. The van der Waals surface area contributed by atoms with Crippen LogP contribution >= 0.6 is 11.8 Å². The van der Waals surface area contributed by atoms with Gasteiger partial charge >= 0.3 is 5.97 Å². The van der Waals surface area contributed by atoms with Crippen LogP contribution in [0.2, 0.25) is 0 Å². The van der Waals surface area contributed by atoms with Gasteiger partial charge in [-0.1, -0.05) is 6.92 Å². The fourth-order valence-corrected chi connectivity index (χ4v) is 2.72. The zero-order chi connectivity index (χ0) is 13.5. The minimum atomic E-state index is -0.285. The van der Waals surface area contributed by atoms with Gasteiger partial charge in [0.15, 0.2) is 0 Å². The van der Waals surface area contributed by atoms with Crippen LogP contribution in [0.4, 0.5) is 0 Å². The van der Waals surface area contributed by atoms with Gasteiger partial charge in [-0.15, -0.1) is 11.8 Å². The van der Waals surface area contributed by atoms with Gasteiger partial charge in [-0.25, -0.2) is 4.98 Å². The van der Waals surface area contributed by atoms with Crippen LogP contribution in [0.3, 0.4) is 0 Å². The Bertz CT molecular complexity index is 390. The maximum atomic E-state index is 11.5. The highest BCUT2D eigenvalue weighted by Crippen LogP contribution is 2.18. The van der Waals surface area contributed by atoms with Crippen molar-refractivity contribution in [2.24, 2.45) is 0 Å². The van der Waals surface area contributed by atoms with Crippen LogP contribution in [0.1, 0.15) is 18.2 Å². The maximum Gasteiger partial charge on any atom is 0.323 e. The van der Waals surface area contributed by atoms with Crippen molar-refractivity contribution in [3.05, 3.63) is 23.4 Å². The number of hydrogen-bond donors (Lipinski definition) is 1. The number of nitrogens with one attached hydrogen (secondary N) is 1. The molecule has 0 fully saturated rings. The van der Waals surface area contributed by atoms with E-state index >= 15 is 0 Å². The highest BCUT2D eigenvalue weighted by molar-refractivity contribution is 7.99. The Balaban J connectivity index is 2.63. The molecular formula is C13H20N2O2S. The molecule has 1 rings (SSSR count). The fraction of sp³-hybridized carbons (Fsp3) is 0.538. The zero-order valence-corrected chi connectivity index (χ0v) is 12.1. The molecule has 5 heteroatoms. The van der Waals surface area contributed by atoms with Gasteiger partial charge in [-0.2, -0.15) is 0 Å². The first kappa shape index (κ1) is 15.0. The Morgan fingerprint density at radius 1 is 1.50 bits per heavy atom. The maximum absolute atomic E-state index is 11.5. The molecule has 0 amide bonds. The third-order valence-electron chi connectivity index (χ3n) is 2.41. The largest absolute Gasteiger partial charge is 0.468 e. The predicted octanol–water partition coefficient (Wildman–Crippen LogP) is 1.94. The van der Waals surface area contributed by atoms with Crippen molar-refractivity contribution >= 4 is 17.7 Å². The molecule has 0 bridgehead atoms. The van der Waals surface area contributed by atoms with Gasteiger partial charge in [0, 0.05) is 11.4 Å². The molecule has 18 heavy (non-hydrogen) atoms. The van der Waals surface area contributed by atoms with Crippen LogP contribution in [0.5, 0.6) is 0 Å². The van der Waals surface area contributed by atoms with E-state index in [-0.39, 0.29) is 12.0 Å². The van der Waals surface area contributed by atoms with Gasteiger partial charge in [0.05, 0.1) is 12.1 Å². The highest BCUT2D eigenvalue weighted by Gasteiger charge is 2.18. The van der Waals surface area contributed by atoms with Gasteiger partial charge in [0.2, 0.25) is 0 Å². The van der Waals surface area contributed by atoms with Crippen molar-refractivity contribution in [1.29, 1.82) is 0 Å². The number of aryl methyl sites for hydroxylation is 2. The van der Waals surface area contributed by atoms with E-state index < -0.39 is 0 Å². The molecule has 0 spiro atoms. The monoisotopic (exact) mass is 268 g/mol. The number of aromatic nitrogens is 1. The number of rotatable bonds is 6. The number of thioether (sulfide) groups is 1. The molecule has 1 aromatic rings. The number of nitrogens with zero attached hydrogens (tertiary/aromatic N) is 1. The third-order valence-corrected chi connectivity index (χ3v) is 3.41. The third kappa shape index (κ3) is 4.66. The van der Waals surface area contributed by atoms with Crippen LogP contribution in [-0.2, 0) is 9.53 Å². The molecule has 0 aliphatic carbocycles. The summed E-state index contributed by atoms with van der Waals surface area (Å²) in [5, 5.41) is 4.05. The molecule has 4 nitrogen and oxygen atoms in total. The molecule has 0 saturated carbocycles. The van der Waals surface area contributed by atoms with Gasteiger partial charge < -0.3 is 10.1 Å². The van der Waals surface area contributed by atoms with E-state index in [0.29, 0.717) is 5.75 Å². The lowest BCUT2D eigenvalue weighted by molar-refractivity contribution is -0.142. The number of pyridine rings is 1. The summed E-state index contributed by atoms with van der Waals surface area (Å²) in [4.78, 5) is 16.0. The average molecular weight is 268 g/mol. The molecule has 0 saturated heterocycles. The number of hydrogen-bond acceptors (Lipinski definition) is 5. The minimum absolute atomic E-state index is 0.228. The van der Waals surface area contributed by atoms with E-state index in [1.807, 2.05) is 32.9 Å². The summed E-state index contributed by atoms with van der Waals surface area (Å²) in [7, 11) is 1.41. The fourth-order valence-electron chi connectivity index (χ4n) is 1.65. The lowest BCUT2D eigenvalue weighted by atomic mass is 10.3. The summed E-state index contributed by atoms with van der Waals surface area (Å²) >= 11 is 1.57. The highest BCUT2D eigenvalue weighted by atomic mass is 32.2. The molecule has 0 aliphatic heterocycles. The first-order valence-corrected chi connectivity index (χ1v) is 6.94. The predicted molar refractivity (Wildman–Crippen MR) is 73.9 cm³/mol. The van der Waals surface area contributed by atoms with Crippen molar-refractivity contribution < 1.29 is 9.53 Å². The Morgan fingerprint density at radius 2 is 2.22 bits per heavy atom. The van der Waals surface area contributed by atoms with E-state index in [2.05, 4.69) is 10.3 Å². The number of likely N-dealkylation sites (N-methyl/N-ethyl adjacent to an activating group) is 1. The van der Waals surface area contributed by atoms with Crippen molar-refractivity contribution in [2.75, 3.05) is 19.4 Å². The van der Waals surface area contributed by atoms with Crippen LogP contribution in [0, 0.1) is 13.8 Å². The summed E-state index contributed by atoms with van der Waals surface area (Å²) in [5.74, 6) is 0.393. The number of methoxy groups -OCH3 is 1. The molecule has 1 N–H and O–H groups in total. The minimum Gasteiger partial charge on any atom is -0.468 e. The molecule has 0 aliphatic rings. The molecular weight excluding hydrogens is 248 g/mol. The molecule has 1 unspecified atom stereocenters. The Hall–Kier alpha value is -1.07. The molecule has 0 aromatic carbocycles. The Morgan fingerprint density at radius 3 is 2.78 bits per heavy atom.